The molecule has 9 heteroatoms. The number of hydrogen-bond donors (Lipinski definition) is 2. The number of benzene rings is 2. The summed E-state index contributed by atoms with van der Waals surface area (Å²) in [6.07, 6.45) is 4.57. The number of aliphatic hydroxyl groups excluding tert-OH is 1. The summed E-state index contributed by atoms with van der Waals surface area (Å²) >= 11 is 0. The molecule has 0 aliphatic carbocycles. The zero-order valence-corrected chi connectivity index (χ0v) is 20.2. The molecule has 8 nitrogen and oxygen atoms in total. The van der Waals surface area contributed by atoms with E-state index in [1.807, 2.05) is 17.9 Å². The molecule has 0 spiro atoms. The van der Waals surface area contributed by atoms with Crippen molar-refractivity contribution in [1.29, 1.82) is 0 Å². The monoisotopic (exact) mass is 503 g/mol. The van der Waals surface area contributed by atoms with E-state index in [1.54, 1.807) is 47.2 Å². The molecular formula is C28H26FN3O5. The van der Waals surface area contributed by atoms with Crippen molar-refractivity contribution < 1.29 is 24.1 Å². The summed E-state index contributed by atoms with van der Waals surface area (Å²) in [6, 6.07) is 13.3. The van der Waals surface area contributed by atoms with E-state index in [4.69, 9.17) is 4.74 Å². The van der Waals surface area contributed by atoms with Crippen molar-refractivity contribution in [3.63, 3.8) is 0 Å². The van der Waals surface area contributed by atoms with Crippen molar-refractivity contribution in [3.05, 3.63) is 93.7 Å². The Morgan fingerprint density at radius 2 is 2.03 bits per heavy atom. The molecule has 1 aliphatic heterocycles. The van der Waals surface area contributed by atoms with Crippen LogP contribution in [0.5, 0.6) is 5.88 Å². The molecule has 0 bridgehead atoms. The van der Waals surface area contributed by atoms with E-state index in [9.17, 15) is 19.8 Å². The number of aliphatic hydroxyl groups is 1. The van der Waals surface area contributed by atoms with Crippen molar-refractivity contribution in [2.24, 2.45) is 0 Å². The van der Waals surface area contributed by atoms with Gasteiger partial charge in [-0.2, -0.15) is 0 Å². The van der Waals surface area contributed by atoms with E-state index in [2.05, 4.69) is 4.98 Å². The average molecular weight is 504 g/mol. The molecule has 0 saturated carbocycles. The Labute approximate surface area is 212 Å². The van der Waals surface area contributed by atoms with Crippen molar-refractivity contribution in [2.75, 3.05) is 18.1 Å². The number of carboxylic acids is 1. The van der Waals surface area contributed by atoms with Gasteiger partial charge in [-0.3, -0.25) is 4.79 Å². The Kier molecular flexibility index (Phi) is 6.62. The lowest BCUT2D eigenvalue weighted by molar-refractivity contribution is 0.0695. The summed E-state index contributed by atoms with van der Waals surface area (Å²) in [4.78, 5) is 31.0. The fourth-order valence-electron chi connectivity index (χ4n) is 4.93. The number of pyridine rings is 2. The van der Waals surface area contributed by atoms with Gasteiger partial charge < -0.3 is 24.4 Å². The molecule has 0 unspecified atom stereocenters. The van der Waals surface area contributed by atoms with Gasteiger partial charge in [-0.05, 0) is 55.2 Å². The Bertz CT molecular complexity index is 1540. The van der Waals surface area contributed by atoms with Crippen LogP contribution < -0.4 is 15.1 Å². The van der Waals surface area contributed by atoms with Crippen LogP contribution in [-0.2, 0) is 6.61 Å². The maximum atomic E-state index is 15.5. The molecule has 4 aromatic rings. The molecule has 1 aliphatic rings. The van der Waals surface area contributed by atoms with Gasteiger partial charge in [0.25, 0.3) is 0 Å². The van der Waals surface area contributed by atoms with E-state index >= 15 is 4.39 Å². The number of fused-ring (bicyclic) bond motifs is 1. The van der Waals surface area contributed by atoms with E-state index in [1.165, 1.54) is 6.20 Å². The van der Waals surface area contributed by atoms with Crippen LogP contribution in [0.25, 0.3) is 16.6 Å². The van der Waals surface area contributed by atoms with Crippen LogP contribution in [0.1, 0.15) is 34.3 Å². The van der Waals surface area contributed by atoms with Crippen LogP contribution >= 0.6 is 0 Å². The molecule has 0 amide bonds. The number of halogens is 1. The summed E-state index contributed by atoms with van der Waals surface area (Å²) in [5.74, 6) is -1.50. The maximum absolute atomic E-state index is 15.5. The highest BCUT2D eigenvalue weighted by atomic mass is 19.1. The largest absolute Gasteiger partial charge is 0.477 e. The summed E-state index contributed by atoms with van der Waals surface area (Å²) in [7, 11) is 0. The molecule has 3 heterocycles. The number of rotatable bonds is 7. The Morgan fingerprint density at radius 3 is 2.73 bits per heavy atom. The fraction of sp³-hybridized carbons (Fsp3) is 0.250. The van der Waals surface area contributed by atoms with Gasteiger partial charge in [0.1, 0.15) is 18.0 Å². The highest BCUT2D eigenvalue weighted by Crippen LogP contribution is 2.32. The highest BCUT2D eigenvalue weighted by Gasteiger charge is 2.29. The van der Waals surface area contributed by atoms with E-state index in [0.29, 0.717) is 41.5 Å². The number of aryl methyl sites for hydroxylation is 1. The summed E-state index contributed by atoms with van der Waals surface area (Å²) in [6.45, 7) is 2.62. The first-order valence-electron chi connectivity index (χ1n) is 12.0. The first-order chi connectivity index (χ1) is 17.9. The normalized spacial score (nSPS) is 15.3. The number of anilines is 1. The lowest BCUT2D eigenvalue weighted by atomic mass is 10.1. The molecule has 1 atom stereocenters. The predicted molar refractivity (Wildman–Crippen MR) is 137 cm³/mol. The second kappa shape index (κ2) is 10.0. The van der Waals surface area contributed by atoms with Gasteiger partial charge in [0.2, 0.25) is 11.3 Å². The standard InChI is InChI=1S/C28H26FN3O5/c1-17-11-18(15-33)7-8-23(17)32-14-21(28(35)36)27(34)20-12-22(29)25(13-24(20)32)31-10-4-5-19(31)16-37-26-6-2-3-9-30-26/h2-3,6-9,11-14,19,33H,4-5,10,15-16H2,1H3,(H,35,36)/t19-/m1/s1. The van der Waals surface area contributed by atoms with Gasteiger partial charge in [-0.15, -0.1) is 0 Å². The average Bonchev–Trinajstić information content (AvgIpc) is 3.36. The van der Waals surface area contributed by atoms with Crippen molar-refractivity contribution in [3.8, 4) is 11.6 Å². The van der Waals surface area contributed by atoms with Crippen LogP contribution in [0, 0.1) is 12.7 Å². The fourth-order valence-corrected chi connectivity index (χ4v) is 4.93. The number of aromatic carboxylic acids is 1. The molecule has 1 fully saturated rings. The zero-order valence-electron chi connectivity index (χ0n) is 20.2. The molecular weight excluding hydrogens is 477 g/mol. The lowest BCUT2D eigenvalue weighted by Gasteiger charge is -2.28. The van der Waals surface area contributed by atoms with Crippen molar-refractivity contribution in [2.45, 2.75) is 32.4 Å². The Hall–Kier alpha value is -4.24. The maximum Gasteiger partial charge on any atom is 0.341 e. The third kappa shape index (κ3) is 4.65. The Morgan fingerprint density at radius 1 is 1.19 bits per heavy atom. The minimum absolute atomic E-state index is 0.0210. The highest BCUT2D eigenvalue weighted by molar-refractivity contribution is 5.94. The van der Waals surface area contributed by atoms with Gasteiger partial charge in [0, 0.05) is 36.1 Å². The number of hydrogen-bond acceptors (Lipinski definition) is 6. The molecule has 190 valence electrons. The SMILES string of the molecule is Cc1cc(CO)ccc1-n1cc(C(=O)O)c(=O)c2cc(F)c(N3CCC[C@@H]3COc3ccccn3)cc21. The smallest absolute Gasteiger partial charge is 0.341 e. The number of carbonyl (C=O) groups is 1. The van der Waals surface area contributed by atoms with Crippen LogP contribution in [-0.4, -0.2) is 44.9 Å². The van der Waals surface area contributed by atoms with E-state index in [-0.39, 0.29) is 18.0 Å². The van der Waals surface area contributed by atoms with Crippen LogP contribution in [0.4, 0.5) is 10.1 Å². The van der Waals surface area contributed by atoms with Gasteiger partial charge in [0.05, 0.1) is 23.9 Å². The van der Waals surface area contributed by atoms with Crippen molar-refractivity contribution >= 4 is 22.6 Å². The number of aromatic nitrogens is 2. The summed E-state index contributed by atoms with van der Waals surface area (Å²) in [5, 5.41) is 19.1. The number of nitrogens with zero attached hydrogens (tertiary/aromatic N) is 3. The molecule has 2 aromatic heterocycles. The topological polar surface area (TPSA) is 105 Å². The third-order valence-electron chi connectivity index (χ3n) is 6.75. The Balaban J connectivity index is 1.62. The summed E-state index contributed by atoms with van der Waals surface area (Å²) < 4.78 is 23.0. The number of carboxylic acid groups (broad SMARTS) is 1. The minimum Gasteiger partial charge on any atom is -0.477 e. The van der Waals surface area contributed by atoms with Gasteiger partial charge in [-0.25, -0.2) is 14.2 Å². The minimum atomic E-state index is -1.39. The molecule has 1 saturated heterocycles. The van der Waals surface area contributed by atoms with Crippen LogP contribution in [0.3, 0.4) is 0 Å². The first-order valence-corrected chi connectivity index (χ1v) is 12.0. The van der Waals surface area contributed by atoms with E-state index in [0.717, 1.165) is 24.5 Å². The van der Waals surface area contributed by atoms with Gasteiger partial charge in [0.15, 0.2) is 0 Å². The molecule has 37 heavy (non-hydrogen) atoms. The quantitative estimate of drug-likeness (QED) is 0.392. The first kappa shape index (κ1) is 24.5. The van der Waals surface area contributed by atoms with E-state index < -0.39 is 22.8 Å². The third-order valence-corrected chi connectivity index (χ3v) is 6.75. The number of ether oxygens (including phenoxy) is 1. The molecule has 0 radical (unpaired) electrons. The molecule has 5 rings (SSSR count). The van der Waals surface area contributed by atoms with Gasteiger partial charge >= 0.3 is 5.97 Å². The van der Waals surface area contributed by atoms with Crippen molar-refractivity contribution in [1.82, 2.24) is 9.55 Å². The van der Waals surface area contributed by atoms with Crippen LogP contribution in [0.15, 0.2) is 65.7 Å². The van der Waals surface area contributed by atoms with Crippen LogP contribution in [0.2, 0.25) is 0 Å². The zero-order chi connectivity index (χ0) is 26.1. The predicted octanol–water partition coefficient (Wildman–Crippen LogP) is 4.07. The summed E-state index contributed by atoms with van der Waals surface area (Å²) in [5.41, 5.74) is 1.60. The lowest BCUT2D eigenvalue weighted by Crippen LogP contribution is -2.35. The molecule has 2 aromatic carbocycles. The molecule has 2 N–H and O–H groups in total. The second-order valence-electron chi connectivity index (χ2n) is 9.12. The second-order valence-corrected chi connectivity index (χ2v) is 9.12. The van der Waals surface area contributed by atoms with Gasteiger partial charge in [-0.1, -0.05) is 18.2 Å².